The molecule has 0 radical (unpaired) electrons. The van der Waals surface area contributed by atoms with Crippen molar-refractivity contribution in [3.8, 4) is 5.75 Å². The van der Waals surface area contributed by atoms with E-state index in [1.165, 1.54) is 6.07 Å². The molecule has 1 amide bonds. The molecular formula is C16H19Cl2NO5. The molecule has 0 saturated carbocycles. The average Bonchev–Trinajstić information content (AvgIpc) is 2.56. The largest absolute Gasteiger partial charge is 0.482 e. The first-order valence-corrected chi connectivity index (χ1v) is 8.38. The SMILES string of the molecule is O=C(COc1cc(Cl)ccc1Cl)NCC(C(=O)O)C1CCOCC1. The Hall–Kier alpha value is -1.50. The number of rotatable bonds is 7. The molecule has 1 aliphatic rings. The lowest BCUT2D eigenvalue weighted by Gasteiger charge is -2.27. The number of hydrogen-bond donors (Lipinski definition) is 2. The van der Waals surface area contributed by atoms with Crippen LogP contribution < -0.4 is 10.1 Å². The van der Waals surface area contributed by atoms with Crippen molar-refractivity contribution in [1.29, 1.82) is 0 Å². The van der Waals surface area contributed by atoms with Gasteiger partial charge >= 0.3 is 5.97 Å². The molecule has 0 bridgehead atoms. The number of carbonyl (C=O) groups is 2. The topological polar surface area (TPSA) is 84.9 Å². The van der Waals surface area contributed by atoms with Crippen molar-refractivity contribution < 1.29 is 24.2 Å². The maximum Gasteiger partial charge on any atom is 0.308 e. The number of carbonyl (C=O) groups excluding carboxylic acids is 1. The zero-order valence-electron chi connectivity index (χ0n) is 13.0. The van der Waals surface area contributed by atoms with Gasteiger partial charge < -0.3 is 19.9 Å². The first-order chi connectivity index (χ1) is 11.5. The van der Waals surface area contributed by atoms with Crippen LogP contribution in [-0.2, 0) is 14.3 Å². The van der Waals surface area contributed by atoms with E-state index in [0.29, 0.717) is 41.9 Å². The number of halogens is 2. The second kappa shape index (κ2) is 9.11. The molecule has 1 aromatic carbocycles. The molecule has 2 rings (SSSR count). The Morgan fingerprint density at radius 1 is 1.33 bits per heavy atom. The first kappa shape index (κ1) is 18.8. The molecule has 1 saturated heterocycles. The second-order valence-corrected chi connectivity index (χ2v) is 6.41. The number of ether oxygens (including phenoxy) is 2. The van der Waals surface area contributed by atoms with Gasteiger partial charge in [0.05, 0.1) is 10.9 Å². The number of carboxylic acid groups (broad SMARTS) is 1. The van der Waals surface area contributed by atoms with Gasteiger partial charge in [-0.2, -0.15) is 0 Å². The van der Waals surface area contributed by atoms with E-state index in [2.05, 4.69) is 5.32 Å². The third kappa shape index (κ3) is 5.54. The highest BCUT2D eigenvalue weighted by Gasteiger charge is 2.30. The van der Waals surface area contributed by atoms with Crippen LogP contribution in [0.4, 0.5) is 0 Å². The quantitative estimate of drug-likeness (QED) is 0.764. The third-order valence-electron chi connectivity index (χ3n) is 3.92. The van der Waals surface area contributed by atoms with Crippen molar-refractivity contribution >= 4 is 35.1 Å². The van der Waals surface area contributed by atoms with E-state index in [1.54, 1.807) is 12.1 Å². The van der Waals surface area contributed by atoms with Crippen LogP contribution in [0.15, 0.2) is 18.2 Å². The fourth-order valence-electron chi connectivity index (χ4n) is 2.58. The van der Waals surface area contributed by atoms with Crippen LogP contribution in [0.5, 0.6) is 5.75 Å². The number of hydrogen-bond acceptors (Lipinski definition) is 4. The summed E-state index contributed by atoms with van der Waals surface area (Å²) in [5.41, 5.74) is 0. The van der Waals surface area contributed by atoms with E-state index >= 15 is 0 Å². The number of amides is 1. The number of nitrogens with one attached hydrogen (secondary N) is 1. The maximum atomic E-state index is 11.9. The van der Waals surface area contributed by atoms with Crippen LogP contribution in [0.3, 0.4) is 0 Å². The minimum atomic E-state index is -0.916. The normalized spacial score (nSPS) is 16.4. The minimum Gasteiger partial charge on any atom is -0.482 e. The molecule has 1 heterocycles. The zero-order valence-corrected chi connectivity index (χ0v) is 14.5. The predicted molar refractivity (Wildman–Crippen MR) is 89.6 cm³/mol. The van der Waals surface area contributed by atoms with Crippen molar-refractivity contribution in [3.05, 3.63) is 28.2 Å². The van der Waals surface area contributed by atoms with Crippen LogP contribution in [0.1, 0.15) is 12.8 Å². The molecule has 0 aliphatic carbocycles. The summed E-state index contributed by atoms with van der Waals surface area (Å²) < 4.78 is 10.6. The average molecular weight is 376 g/mol. The van der Waals surface area contributed by atoms with E-state index in [4.69, 9.17) is 32.7 Å². The molecule has 0 spiro atoms. The fraction of sp³-hybridized carbons (Fsp3) is 0.500. The monoisotopic (exact) mass is 375 g/mol. The summed E-state index contributed by atoms with van der Waals surface area (Å²) in [5.74, 6) is -1.66. The summed E-state index contributed by atoms with van der Waals surface area (Å²) in [6.45, 7) is 0.906. The second-order valence-electron chi connectivity index (χ2n) is 5.56. The molecule has 1 unspecified atom stereocenters. The summed E-state index contributed by atoms with van der Waals surface area (Å²) in [4.78, 5) is 23.3. The molecular weight excluding hydrogens is 357 g/mol. The van der Waals surface area contributed by atoms with Crippen molar-refractivity contribution in [2.24, 2.45) is 11.8 Å². The highest BCUT2D eigenvalue weighted by Crippen LogP contribution is 2.27. The molecule has 1 atom stereocenters. The van der Waals surface area contributed by atoms with Gasteiger partial charge in [0.2, 0.25) is 0 Å². The lowest BCUT2D eigenvalue weighted by molar-refractivity contribution is -0.145. The molecule has 1 aromatic rings. The fourth-order valence-corrected chi connectivity index (χ4v) is 2.91. The van der Waals surface area contributed by atoms with Crippen LogP contribution in [0.2, 0.25) is 10.0 Å². The number of benzene rings is 1. The first-order valence-electron chi connectivity index (χ1n) is 7.62. The van der Waals surface area contributed by atoms with Gasteiger partial charge in [0.15, 0.2) is 6.61 Å². The smallest absolute Gasteiger partial charge is 0.308 e. The Kier molecular flexibility index (Phi) is 7.15. The summed E-state index contributed by atoms with van der Waals surface area (Å²) in [6, 6.07) is 4.70. The van der Waals surface area contributed by atoms with Crippen LogP contribution in [-0.4, -0.2) is 43.3 Å². The number of aliphatic carboxylic acids is 1. The lowest BCUT2D eigenvalue weighted by Crippen LogP contribution is -2.40. The highest BCUT2D eigenvalue weighted by atomic mass is 35.5. The Morgan fingerprint density at radius 3 is 2.71 bits per heavy atom. The van der Waals surface area contributed by atoms with Gasteiger partial charge in [-0.1, -0.05) is 23.2 Å². The Bertz CT molecular complexity index is 590. The highest BCUT2D eigenvalue weighted by molar-refractivity contribution is 6.34. The minimum absolute atomic E-state index is 0.000146. The maximum absolute atomic E-state index is 11.9. The van der Waals surface area contributed by atoms with E-state index in [9.17, 15) is 14.7 Å². The van der Waals surface area contributed by atoms with E-state index in [1.807, 2.05) is 0 Å². The van der Waals surface area contributed by atoms with E-state index in [0.717, 1.165) is 0 Å². The molecule has 0 aromatic heterocycles. The van der Waals surface area contributed by atoms with Crippen LogP contribution >= 0.6 is 23.2 Å². The molecule has 24 heavy (non-hydrogen) atoms. The van der Waals surface area contributed by atoms with Gasteiger partial charge in [-0.15, -0.1) is 0 Å². The van der Waals surface area contributed by atoms with Gasteiger partial charge in [-0.05, 0) is 30.9 Å². The molecule has 2 N–H and O–H groups in total. The van der Waals surface area contributed by atoms with Crippen LogP contribution in [0.25, 0.3) is 0 Å². The Morgan fingerprint density at radius 2 is 2.04 bits per heavy atom. The van der Waals surface area contributed by atoms with Crippen LogP contribution in [0, 0.1) is 11.8 Å². The summed E-state index contributed by atoms with van der Waals surface area (Å²) in [6.07, 6.45) is 1.36. The Balaban J connectivity index is 1.82. The van der Waals surface area contributed by atoms with E-state index in [-0.39, 0.29) is 19.1 Å². The van der Waals surface area contributed by atoms with Gasteiger partial charge in [0.1, 0.15) is 5.75 Å². The zero-order chi connectivity index (χ0) is 17.5. The van der Waals surface area contributed by atoms with Crippen molar-refractivity contribution in [3.63, 3.8) is 0 Å². The molecule has 6 nitrogen and oxygen atoms in total. The summed E-state index contributed by atoms with van der Waals surface area (Å²) in [5, 5.41) is 12.8. The Labute approximate surface area is 150 Å². The standard InChI is InChI=1S/C16H19Cl2NO5/c17-11-1-2-13(18)14(7-11)24-9-15(20)19-8-12(16(21)22)10-3-5-23-6-4-10/h1-2,7,10,12H,3-6,8-9H2,(H,19,20)(H,21,22). The molecule has 8 heteroatoms. The van der Waals surface area contributed by atoms with Crippen molar-refractivity contribution in [2.75, 3.05) is 26.4 Å². The number of carboxylic acids is 1. The van der Waals surface area contributed by atoms with Gasteiger partial charge in [-0.3, -0.25) is 9.59 Å². The summed E-state index contributed by atoms with van der Waals surface area (Å²) >= 11 is 11.8. The predicted octanol–water partition coefficient (Wildman–Crippen LogP) is 2.62. The van der Waals surface area contributed by atoms with Gasteiger partial charge in [0, 0.05) is 30.8 Å². The lowest BCUT2D eigenvalue weighted by atomic mass is 9.86. The van der Waals surface area contributed by atoms with E-state index < -0.39 is 17.8 Å². The third-order valence-corrected chi connectivity index (χ3v) is 4.47. The van der Waals surface area contributed by atoms with Gasteiger partial charge in [-0.25, -0.2) is 0 Å². The molecule has 132 valence electrons. The van der Waals surface area contributed by atoms with Crippen molar-refractivity contribution in [1.82, 2.24) is 5.32 Å². The molecule has 1 fully saturated rings. The van der Waals surface area contributed by atoms with Crippen molar-refractivity contribution in [2.45, 2.75) is 12.8 Å². The van der Waals surface area contributed by atoms with Gasteiger partial charge in [0.25, 0.3) is 5.91 Å². The summed E-state index contributed by atoms with van der Waals surface area (Å²) in [7, 11) is 0. The molecule has 1 aliphatic heterocycles.